The molecule has 1 unspecified atom stereocenters. The van der Waals surface area contributed by atoms with E-state index in [1.165, 1.54) is 6.07 Å². The third kappa shape index (κ3) is 4.41. The highest BCUT2D eigenvalue weighted by atomic mass is 35.5. The number of halogens is 2. The van der Waals surface area contributed by atoms with Crippen LogP contribution >= 0.6 is 11.6 Å². The van der Waals surface area contributed by atoms with E-state index in [2.05, 4.69) is 10.3 Å². The SMILES string of the molecule is CNC(Cc1ccc(OC)nc1)Cc1ccc(Cl)cc1F. The molecule has 2 aromatic rings. The summed E-state index contributed by atoms with van der Waals surface area (Å²) < 4.78 is 18.9. The predicted octanol–water partition coefficient (Wildman–Crippen LogP) is 3.26. The fraction of sp³-hybridized carbons (Fsp3) is 0.312. The van der Waals surface area contributed by atoms with Crippen LogP contribution in [0.2, 0.25) is 5.02 Å². The van der Waals surface area contributed by atoms with E-state index in [9.17, 15) is 4.39 Å². The van der Waals surface area contributed by atoms with Gasteiger partial charge < -0.3 is 10.1 Å². The molecule has 1 aromatic heterocycles. The number of methoxy groups -OCH3 is 1. The first-order valence-corrected chi connectivity index (χ1v) is 7.10. The zero-order valence-electron chi connectivity index (χ0n) is 12.1. The lowest BCUT2D eigenvalue weighted by atomic mass is 9.99. The maximum absolute atomic E-state index is 13.8. The van der Waals surface area contributed by atoms with Crippen molar-refractivity contribution in [3.8, 4) is 5.88 Å². The van der Waals surface area contributed by atoms with Gasteiger partial charge >= 0.3 is 0 Å². The smallest absolute Gasteiger partial charge is 0.212 e. The number of hydrogen-bond acceptors (Lipinski definition) is 3. The highest BCUT2D eigenvalue weighted by Gasteiger charge is 2.12. The first kappa shape index (κ1) is 15.7. The molecule has 3 nitrogen and oxygen atoms in total. The Morgan fingerprint density at radius 2 is 2.10 bits per heavy atom. The Labute approximate surface area is 129 Å². The average Bonchev–Trinajstić information content (AvgIpc) is 2.49. The average molecular weight is 309 g/mol. The van der Waals surface area contributed by atoms with Crippen molar-refractivity contribution in [3.63, 3.8) is 0 Å². The topological polar surface area (TPSA) is 34.1 Å². The van der Waals surface area contributed by atoms with E-state index in [0.717, 1.165) is 12.0 Å². The molecule has 2 rings (SSSR count). The van der Waals surface area contributed by atoms with Gasteiger partial charge in [0.1, 0.15) is 5.82 Å². The van der Waals surface area contributed by atoms with E-state index in [4.69, 9.17) is 16.3 Å². The van der Waals surface area contributed by atoms with E-state index in [1.54, 1.807) is 25.4 Å². The summed E-state index contributed by atoms with van der Waals surface area (Å²) in [5.41, 5.74) is 1.73. The molecule has 1 heterocycles. The number of pyridine rings is 1. The quantitative estimate of drug-likeness (QED) is 0.889. The second-order valence-electron chi connectivity index (χ2n) is 4.84. The molecule has 1 N–H and O–H groups in total. The largest absolute Gasteiger partial charge is 0.481 e. The summed E-state index contributed by atoms with van der Waals surface area (Å²) in [6, 6.07) is 8.70. The Kier molecular flexibility index (Phi) is 5.53. The van der Waals surface area contributed by atoms with Gasteiger partial charge in [-0.1, -0.05) is 23.7 Å². The number of hydrogen-bond donors (Lipinski definition) is 1. The molecule has 5 heteroatoms. The minimum absolute atomic E-state index is 0.121. The van der Waals surface area contributed by atoms with Crippen molar-refractivity contribution in [1.82, 2.24) is 10.3 Å². The van der Waals surface area contributed by atoms with E-state index in [-0.39, 0.29) is 11.9 Å². The van der Waals surface area contributed by atoms with E-state index < -0.39 is 0 Å². The third-order valence-corrected chi connectivity index (χ3v) is 3.61. The first-order valence-electron chi connectivity index (χ1n) is 6.72. The van der Waals surface area contributed by atoms with Crippen LogP contribution in [0.25, 0.3) is 0 Å². The predicted molar refractivity (Wildman–Crippen MR) is 82.5 cm³/mol. The zero-order valence-corrected chi connectivity index (χ0v) is 12.8. The molecule has 0 aliphatic heterocycles. The molecule has 1 aromatic carbocycles. The summed E-state index contributed by atoms with van der Waals surface area (Å²) in [5, 5.41) is 3.62. The van der Waals surface area contributed by atoms with Crippen molar-refractivity contribution in [3.05, 3.63) is 58.5 Å². The molecule has 0 amide bonds. The number of rotatable bonds is 6. The number of nitrogens with one attached hydrogen (secondary N) is 1. The van der Waals surface area contributed by atoms with Crippen molar-refractivity contribution in [2.75, 3.05) is 14.2 Å². The second-order valence-corrected chi connectivity index (χ2v) is 5.27. The lowest BCUT2D eigenvalue weighted by Crippen LogP contribution is -2.30. The Bertz CT molecular complexity index is 589. The van der Waals surface area contributed by atoms with Crippen LogP contribution in [-0.2, 0) is 12.8 Å². The molecule has 0 aliphatic rings. The summed E-state index contributed by atoms with van der Waals surface area (Å²) in [6.45, 7) is 0. The van der Waals surface area contributed by atoms with Crippen molar-refractivity contribution in [1.29, 1.82) is 0 Å². The van der Waals surface area contributed by atoms with Crippen LogP contribution in [0.3, 0.4) is 0 Å². The number of aromatic nitrogens is 1. The monoisotopic (exact) mass is 308 g/mol. The normalized spacial score (nSPS) is 12.2. The van der Waals surface area contributed by atoms with Gasteiger partial charge in [0.2, 0.25) is 5.88 Å². The van der Waals surface area contributed by atoms with E-state index >= 15 is 0 Å². The first-order chi connectivity index (χ1) is 10.1. The highest BCUT2D eigenvalue weighted by Crippen LogP contribution is 2.17. The van der Waals surface area contributed by atoms with Gasteiger partial charge in [0.15, 0.2) is 0 Å². The fourth-order valence-electron chi connectivity index (χ4n) is 2.17. The minimum atomic E-state index is -0.268. The molecule has 0 aliphatic carbocycles. The molecule has 1 atom stereocenters. The maximum Gasteiger partial charge on any atom is 0.212 e. The Balaban J connectivity index is 2.05. The van der Waals surface area contributed by atoms with Crippen molar-refractivity contribution >= 4 is 11.6 Å². The van der Waals surface area contributed by atoms with Gasteiger partial charge in [0, 0.05) is 23.3 Å². The van der Waals surface area contributed by atoms with Gasteiger partial charge in [-0.3, -0.25) is 0 Å². The van der Waals surface area contributed by atoms with Gasteiger partial charge in [-0.2, -0.15) is 0 Å². The van der Waals surface area contributed by atoms with Crippen molar-refractivity contribution in [2.24, 2.45) is 0 Å². The molecule has 112 valence electrons. The standard InChI is InChI=1S/C16H18ClFN2O/c1-19-14(7-11-3-6-16(21-2)20-10-11)8-12-4-5-13(17)9-15(12)18/h3-6,9-10,14,19H,7-8H2,1-2H3. The van der Waals surface area contributed by atoms with E-state index in [0.29, 0.717) is 22.9 Å². The molecule has 21 heavy (non-hydrogen) atoms. The van der Waals surface area contributed by atoms with Crippen molar-refractivity contribution < 1.29 is 9.13 Å². The lowest BCUT2D eigenvalue weighted by Gasteiger charge is -2.17. The van der Waals surface area contributed by atoms with Crippen LogP contribution in [-0.4, -0.2) is 25.2 Å². The maximum atomic E-state index is 13.8. The highest BCUT2D eigenvalue weighted by molar-refractivity contribution is 6.30. The summed E-state index contributed by atoms with van der Waals surface area (Å²) in [4.78, 5) is 4.18. The van der Waals surface area contributed by atoms with Gasteiger partial charge in [0.05, 0.1) is 7.11 Å². The summed E-state index contributed by atoms with van der Waals surface area (Å²) in [7, 11) is 3.46. The number of benzene rings is 1. The molecule has 0 spiro atoms. The van der Waals surface area contributed by atoms with Gasteiger partial charge in [0.25, 0.3) is 0 Å². The van der Waals surface area contributed by atoms with Crippen LogP contribution in [0.15, 0.2) is 36.5 Å². The summed E-state index contributed by atoms with van der Waals surface area (Å²) in [5.74, 6) is 0.319. The van der Waals surface area contributed by atoms with E-state index in [1.807, 2.05) is 19.2 Å². The Morgan fingerprint density at radius 3 is 2.67 bits per heavy atom. The van der Waals surface area contributed by atoms with Crippen LogP contribution in [0, 0.1) is 5.82 Å². The molecule has 0 fully saturated rings. The number of nitrogens with zero attached hydrogens (tertiary/aromatic N) is 1. The molecule has 0 bridgehead atoms. The van der Waals surface area contributed by atoms with Crippen LogP contribution < -0.4 is 10.1 Å². The minimum Gasteiger partial charge on any atom is -0.481 e. The molecule has 0 saturated heterocycles. The second kappa shape index (κ2) is 7.38. The van der Waals surface area contributed by atoms with Gasteiger partial charge in [-0.15, -0.1) is 0 Å². The van der Waals surface area contributed by atoms with Gasteiger partial charge in [-0.05, 0) is 43.1 Å². The number of likely N-dealkylation sites (N-methyl/N-ethyl adjacent to an activating group) is 1. The molecular formula is C16H18ClFN2O. The molecule has 0 saturated carbocycles. The number of ether oxygens (including phenoxy) is 1. The fourth-order valence-corrected chi connectivity index (χ4v) is 2.32. The molecule has 0 radical (unpaired) electrons. The third-order valence-electron chi connectivity index (χ3n) is 3.38. The summed E-state index contributed by atoms with van der Waals surface area (Å²) >= 11 is 5.77. The van der Waals surface area contributed by atoms with Crippen molar-refractivity contribution in [2.45, 2.75) is 18.9 Å². The van der Waals surface area contributed by atoms with Crippen LogP contribution in [0.1, 0.15) is 11.1 Å². The van der Waals surface area contributed by atoms with Gasteiger partial charge in [-0.25, -0.2) is 9.37 Å². The van der Waals surface area contributed by atoms with Crippen LogP contribution in [0.4, 0.5) is 4.39 Å². The Hall–Kier alpha value is -1.65. The molecular weight excluding hydrogens is 291 g/mol. The lowest BCUT2D eigenvalue weighted by molar-refractivity contribution is 0.397. The summed E-state index contributed by atoms with van der Waals surface area (Å²) in [6.07, 6.45) is 3.13. The Morgan fingerprint density at radius 1 is 1.29 bits per heavy atom. The zero-order chi connectivity index (χ0) is 15.2. The van der Waals surface area contributed by atoms with Crippen LogP contribution in [0.5, 0.6) is 5.88 Å².